The quantitative estimate of drug-likeness (QED) is 0.728. The number of nitrogens with zero attached hydrogens (tertiary/aromatic N) is 1. The Morgan fingerprint density at radius 3 is 2.43 bits per heavy atom. The minimum absolute atomic E-state index is 0.293. The Morgan fingerprint density at radius 1 is 1.24 bits per heavy atom. The van der Waals surface area contributed by atoms with E-state index in [1.807, 2.05) is 34.6 Å². The molecule has 0 spiro atoms. The lowest BCUT2D eigenvalue weighted by Gasteiger charge is -2.36. The molecule has 1 aliphatic heterocycles. The number of carbonyl (C=O) groups is 1. The molecule has 0 saturated carbocycles. The molecule has 0 aromatic rings. The van der Waals surface area contributed by atoms with Crippen LogP contribution in [0.1, 0.15) is 60.3 Å². The molecule has 0 bridgehead atoms. The molecule has 0 aliphatic carbocycles. The van der Waals surface area contributed by atoms with Gasteiger partial charge in [-0.2, -0.15) is 0 Å². The zero-order chi connectivity index (χ0) is 16.1. The van der Waals surface area contributed by atoms with Gasteiger partial charge in [-0.05, 0) is 60.3 Å². The van der Waals surface area contributed by atoms with Crippen molar-refractivity contribution in [3.05, 3.63) is 0 Å². The van der Waals surface area contributed by atoms with E-state index in [9.17, 15) is 4.79 Å². The fraction of sp³-hybridized carbons (Fsp3) is 0.938. The van der Waals surface area contributed by atoms with Crippen molar-refractivity contribution in [3.8, 4) is 0 Å². The molecule has 0 radical (unpaired) electrons. The summed E-state index contributed by atoms with van der Waals surface area (Å²) in [6, 6.07) is 0. The molecule has 0 aromatic carbocycles. The third-order valence-corrected chi connectivity index (χ3v) is 3.64. The van der Waals surface area contributed by atoms with Gasteiger partial charge >= 0.3 is 6.09 Å². The van der Waals surface area contributed by atoms with Gasteiger partial charge in [0.15, 0.2) is 0 Å². The lowest BCUT2D eigenvalue weighted by atomic mass is 10.1. The highest BCUT2D eigenvalue weighted by atomic mass is 16.6. The summed E-state index contributed by atoms with van der Waals surface area (Å²) in [6.07, 6.45) is 4.27. The van der Waals surface area contributed by atoms with Crippen LogP contribution in [0, 0.1) is 0 Å². The van der Waals surface area contributed by atoms with Crippen molar-refractivity contribution in [2.24, 2.45) is 0 Å². The first-order valence-electron chi connectivity index (χ1n) is 7.84. The average Bonchev–Trinajstić information content (AvgIpc) is 2.37. The Labute approximate surface area is 128 Å². The summed E-state index contributed by atoms with van der Waals surface area (Å²) >= 11 is 0. The van der Waals surface area contributed by atoms with Crippen LogP contribution in [-0.2, 0) is 14.2 Å². The molecule has 21 heavy (non-hydrogen) atoms. The molecule has 1 atom stereocenters. The molecule has 1 rings (SSSR count). The molecule has 1 amide bonds. The lowest BCUT2D eigenvalue weighted by molar-refractivity contribution is -0.126. The second-order valence-electron chi connectivity index (χ2n) is 7.11. The Hall–Kier alpha value is -0.810. The van der Waals surface area contributed by atoms with Gasteiger partial charge in [0.25, 0.3) is 0 Å². The van der Waals surface area contributed by atoms with Gasteiger partial charge in [0.1, 0.15) is 11.3 Å². The van der Waals surface area contributed by atoms with Crippen LogP contribution in [0.3, 0.4) is 0 Å². The van der Waals surface area contributed by atoms with Crippen molar-refractivity contribution < 1.29 is 19.0 Å². The minimum atomic E-state index is -0.697. The Balaban J connectivity index is 2.38. The largest absolute Gasteiger partial charge is 0.444 e. The summed E-state index contributed by atoms with van der Waals surface area (Å²) in [6.45, 7) is 10.7. The first-order valence-corrected chi connectivity index (χ1v) is 7.84. The molecule has 5 heteroatoms. The maximum Gasteiger partial charge on any atom is 0.412 e. The average molecular weight is 301 g/mol. The van der Waals surface area contributed by atoms with Crippen LogP contribution >= 0.6 is 0 Å². The minimum Gasteiger partial charge on any atom is -0.444 e. The third-order valence-electron chi connectivity index (χ3n) is 3.64. The Kier molecular flexibility index (Phi) is 6.47. The Bertz CT molecular complexity index is 330. The van der Waals surface area contributed by atoms with Crippen LogP contribution in [-0.4, -0.2) is 48.7 Å². The molecule has 5 nitrogen and oxygen atoms in total. The smallest absolute Gasteiger partial charge is 0.412 e. The summed E-state index contributed by atoms with van der Waals surface area (Å²) in [4.78, 5) is 13.6. The number of hydrogen-bond donors (Lipinski definition) is 0. The number of carbonyl (C=O) groups excluding carboxylic acids is 1. The van der Waals surface area contributed by atoms with E-state index < -0.39 is 11.3 Å². The molecule has 1 heterocycles. The van der Waals surface area contributed by atoms with E-state index in [2.05, 4.69) is 0 Å². The van der Waals surface area contributed by atoms with Crippen molar-refractivity contribution in [3.63, 3.8) is 0 Å². The van der Waals surface area contributed by atoms with Gasteiger partial charge in [-0.25, -0.2) is 4.79 Å². The number of amides is 1. The Morgan fingerprint density at radius 2 is 1.90 bits per heavy atom. The molecule has 1 aliphatic rings. The van der Waals surface area contributed by atoms with E-state index in [0.717, 1.165) is 25.9 Å². The highest BCUT2D eigenvalue weighted by Crippen LogP contribution is 2.21. The zero-order valence-electron chi connectivity index (χ0n) is 14.4. The summed E-state index contributed by atoms with van der Waals surface area (Å²) in [7, 11) is 1.70. The van der Waals surface area contributed by atoms with Crippen LogP contribution < -0.4 is 0 Å². The summed E-state index contributed by atoms with van der Waals surface area (Å²) < 4.78 is 16.9. The van der Waals surface area contributed by atoms with Gasteiger partial charge in [0.2, 0.25) is 0 Å². The molecule has 1 unspecified atom stereocenters. The SMILES string of the molecule is CN(C(=O)OC(C)(C)C)C(C)(C)OCCC1CCCCO1. The van der Waals surface area contributed by atoms with Crippen molar-refractivity contribution in [2.75, 3.05) is 20.3 Å². The van der Waals surface area contributed by atoms with E-state index in [1.165, 1.54) is 11.3 Å². The highest BCUT2D eigenvalue weighted by Gasteiger charge is 2.32. The second-order valence-corrected chi connectivity index (χ2v) is 7.11. The van der Waals surface area contributed by atoms with E-state index in [0.29, 0.717) is 12.7 Å². The first kappa shape index (κ1) is 18.2. The van der Waals surface area contributed by atoms with Crippen molar-refractivity contribution in [2.45, 2.75) is 77.7 Å². The first-order chi connectivity index (χ1) is 9.62. The topological polar surface area (TPSA) is 48.0 Å². The van der Waals surface area contributed by atoms with E-state index in [1.54, 1.807) is 7.05 Å². The van der Waals surface area contributed by atoms with Gasteiger partial charge in [0.05, 0.1) is 12.7 Å². The monoisotopic (exact) mass is 301 g/mol. The predicted molar refractivity (Wildman–Crippen MR) is 82.2 cm³/mol. The van der Waals surface area contributed by atoms with Crippen LogP contribution in [0.25, 0.3) is 0 Å². The summed E-state index contributed by atoms with van der Waals surface area (Å²) in [5.74, 6) is 0. The number of hydrogen-bond acceptors (Lipinski definition) is 4. The van der Waals surface area contributed by atoms with Gasteiger partial charge in [0, 0.05) is 13.7 Å². The standard InChI is InChI=1S/C16H31NO4/c1-15(2,3)21-14(18)17(6)16(4,5)20-12-10-13-9-7-8-11-19-13/h13H,7-12H2,1-6H3. The number of ether oxygens (including phenoxy) is 3. The number of rotatable bonds is 5. The fourth-order valence-corrected chi connectivity index (χ4v) is 2.12. The van der Waals surface area contributed by atoms with Crippen molar-refractivity contribution in [1.29, 1.82) is 0 Å². The van der Waals surface area contributed by atoms with Gasteiger partial charge in [-0.15, -0.1) is 0 Å². The predicted octanol–water partition coefficient (Wildman–Crippen LogP) is 3.57. The van der Waals surface area contributed by atoms with Crippen LogP contribution in [0.2, 0.25) is 0 Å². The molecule has 0 aromatic heterocycles. The second kappa shape index (κ2) is 7.45. The lowest BCUT2D eigenvalue weighted by Crippen LogP contribution is -2.49. The normalized spacial score (nSPS) is 20.2. The fourth-order valence-electron chi connectivity index (χ4n) is 2.12. The van der Waals surface area contributed by atoms with Crippen LogP contribution in [0.4, 0.5) is 4.79 Å². The zero-order valence-corrected chi connectivity index (χ0v) is 14.4. The van der Waals surface area contributed by atoms with E-state index in [4.69, 9.17) is 14.2 Å². The van der Waals surface area contributed by atoms with Gasteiger partial charge < -0.3 is 14.2 Å². The van der Waals surface area contributed by atoms with Crippen molar-refractivity contribution >= 4 is 6.09 Å². The van der Waals surface area contributed by atoms with E-state index in [-0.39, 0.29) is 6.09 Å². The van der Waals surface area contributed by atoms with Gasteiger partial charge in [-0.1, -0.05) is 0 Å². The van der Waals surface area contributed by atoms with Crippen LogP contribution in [0.5, 0.6) is 0 Å². The molecule has 1 saturated heterocycles. The van der Waals surface area contributed by atoms with Crippen LogP contribution in [0.15, 0.2) is 0 Å². The molecule has 1 fully saturated rings. The maximum atomic E-state index is 12.1. The molecule has 124 valence electrons. The summed E-state index contributed by atoms with van der Waals surface area (Å²) in [5.41, 5.74) is -1.20. The highest BCUT2D eigenvalue weighted by molar-refractivity contribution is 5.68. The summed E-state index contributed by atoms with van der Waals surface area (Å²) in [5, 5.41) is 0. The van der Waals surface area contributed by atoms with Crippen molar-refractivity contribution in [1.82, 2.24) is 4.90 Å². The van der Waals surface area contributed by atoms with E-state index >= 15 is 0 Å². The molecule has 0 N–H and O–H groups in total. The molecular formula is C16H31NO4. The maximum absolute atomic E-state index is 12.1. The molecular weight excluding hydrogens is 270 g/mol. The third kappa shape index (κ3) is 6.66. The van der Waals surface area contributed by atoms with Gasteiger partial charge in [-0.3, -0.25) is 4.90 Å².